The minimum absolute atomic E-state index is 0.0485. The number of thioether (sulfide) groups is 1. The highest BCUT2D eigenvalue weighted by Gasteiger charge is 2.23. The maximum absolute atomic E-state index is 11.5. The highest BCUT2D eigenvalue weighted by Crippen LogP contribution is 2.19. The Morgan fingerprint density at radius 2 is 2.22 bits per heavy atom. The van der Waals surface area contributed by atoms with E-state index in [-0.39, 0.29) is 17.4 Å². The number of nitrogens with zero attached hydrogens (tertiary/aromatic N) is 2. The Morgan fingerprint density at radius 3 is 2.83 bits per heavy atom. The number of hydrogen-bond donors (Lipinski definition) is 2. The highest BCUT2D eigenvalue weighted by atomic mass is 32.2. The minimum atomic E-state index is -1.09. The van der Waals surface area contributed by atoms with Crippen molar-refractivity contribution in [2.75, 3.05) is 5.75 Å². The lowest BCUT2D eigenvalue weighted by molar-refractivity contribution is -0.118. The fourth-order valence-corrected chi connectivity index (χ4v) is 2.06. The minimum Gasteiger partial charge on any atom is -0.477 e. The molecule has 0 radical (unpaired) electrons. The van der Waals surface area contributed by atoms with Crippen molar-refractivity contribution in [3.05, 3.63) is 17.5 Å². The first kappa shape index (κ1) is 12.8. The number of nitrogens with one attached hydrogen (secondary N) is 1. The van der Waals surface area contributed by atoms with Gasteiger partial charge in [-0.15, -0.1) is 0 Å². The second-order valence-corrected chi connectivity index (χ2v) is 5.06. The smallest absolute Gasteiger partial charge is 0.354 e. The molecule has 1 saturated carbocycles. The molecule has 1 aromatic rings. The second kappa shape index (κ2) is 5.34. The first-order valence-electron chi connectivity index (χ1n) is 5.56. The van der Waals surface area contributed by atoms with Crippen LogP contribution in [-0.4, -0.2) is 38.7 Å². The zero-order valence-corrected chi connectivity index (χ0v) is 10.7. The Balaban J connectivity index is 1.95. The summed E-state index contributed by atoms with van der Waals surface area (Å²) in [7, 11) is 0. The second-order valence-electron chi connectivity index (χ2n) is 4.11. The van der Waals surface area contributed by atoms with E-state index in [9.17, 15) is 9.59 Å². The molecule has 2 rings (SSSR count). The van der Waals surface area contributed by atoms with Crippen molar-refractivity contribution < 1.29 is 14.7 Å². The number of hydrogen-bond acceptors (Lipinski definition) is 5. The van der Waals surface area contributed by atoms with Gasteiger partial charge >= 0.3 is 5.97 Å². The molecule has 6 nitrogen and oxygen atoms in total. The van der Waals surface area contributed by atoms with Gasteiger partial charge in [0.25, 0.3) is 0 Å². The lowest BCUT2D eigenvalue weighted by atomic mass is 10.3. The molecule has 2 N–H and O–H groups in total. The predicted octanol–water partition coefficient (Wildman–Crippen LogP) is 0.854. The molecule has 0 aliphatic heterocycles. The Hall–Kier alpha value is -1.63. The van der Waals surface area contributed by atoms with Crippen LogP contribution in [0.4, 0.5) is 0 Å². The molecule has 0 atom stereocenters. The topological polar surface area (TPSA) is 92.2 Å². The van der Waals surface area contributed by atoms with Crippen molar-refractivity contribution in [3.8, 4) is 0 Å². The molecule has 0 bridgehead atoms. The number of aromatic carboxylic acids is 1. The average molecular weight is 267 g/mol. The van der Waals surface area contributed by atoms with Crippen LogP contribution < -0.4 is 5.32 Å². The molecule has 1 amide bonds. The molecule has 7 heteroatoms. The van der Waals surface area contributed by atoms with Gasteiger partial charge in [-0.2, -0.15) is 0 Å². The van der Waals surface area contributed by atoms with Crippen molar-refractivity contribution in [2.45, 2.75) is 31.0 Å². The molecule has 1 heterocycles. The number of carbonyl (C=O) groups is 2. The molecule has 0 aromatic carbocycles. The van der Waals surface area contributed by atoms with Gasteiger partial charge in [-0.3, -0.25) is 4.79 Å². The molecule has 1 aliphatic rings. The van der Waals surface area contributed by atoms with Gasteiger partial charge in [0.15, 0.2) is 10.9 Å². The molecule has 1 aliphatic carbocycles. The third kappa shape index (κ3) is 3.69. The van der Waals surface area contributed by atoms with Crippen LogP contribution in [0.2, 0.25) is 0 Å². The van der Waals surface area contributed by atoms with Gasteiger partial charge in [0.05, 0.1) is 5.75 Å². The monoisotopic (exact) mass is 267 g/mol. The van der Waals surface area contributed by atoms with Gasteiger partial charge < -0.3 is 10.4 Å². The number of aryl methyl sites for hydroxylation is 1. The number of aromatic nitrogens is 2. The summed E-state index contributed by atoms with van der Waals surface area (Å²) >= 11 is 1.15. The van der Waals surface area contributed by atoms with Gasteiger partial charge in [0, 0.05) is 11.7 Å². The molecule has 0 unspecified atom stereocenters. The fourth-order valence-electron chi connectivity index (χ4n) is 1.34. The SMILES string of the molecule is Cc1cc(C(=O)O)nc(SCC(=O)NC2CC2)n1. The molecule has 96 valence electrons. The van der Waals surface area contributed by atoms with Crippen LogP contribution in [0.1, 0.15) is 29.0 Å². The van der Waals surface area contributed by atoms with E-state index in [1.54, 1.807) is 6.92 Å². The third-order valence-corrected chi connectivity index (χ3v) is 3.17. The molecule has 0 spiro atoms. The van der Waals surface area contributed by atoms with Crippen molar-refractivity contribution in [1.29, 1.82) is 0 Å². The summed E-state index contributed by atoms with van der Waals surface area (Å²) in [5, 5.41) is 12.0. The van der Waals surface area contributed by atoms with Gasteiger partial charge in [0.1, 0.15) is 0 Å². The maximum Gasteiger partial charge on any atom is 0.354 e. The number of rotatable bonds is 5. The van der Waals surface area contributed by atoms with E-state index >= 15 is 0 Å². The van der Waals surface area contributed by atoms with Crippen LogP contribution in [-0.2, 0) is 4.79 Å². The lowest BCUT2D eigenvalue weighted by Gasteiger charge is -2.04. The first-order chi connectivity index (χ1) is 8.54. The Bertz CT molecular complexity index is 488. The fraction of sp³-hybridized carbons (Fsp3) is 0.455. The number of carbonyl (C=O) groups excluding carboxylic acids is 1. The predicted molar refractivity (Wildman–Crippen MR) is 65.6 cm³/mol. The summed E-state index contributed by atoms with van der Waals surface area (Å²) in [6, 6.07) is 1.72. The van der Waals surface area contributed by atoms with Crippen molar-refractivity contribution >= 4 is 23.6 Å². The third-order valence-electron chi connectivity index (χ3n) is 2.33. The van der Waals surface area contributed by atoms with Crippen molar-refractivity contribution in [2.24, 2.45) is 0 Å². The Morgan fingerprint density at radius 1 is 1.50 bits per heavy atom. The summed E-state index contributed by atoms with van der Waals surface area (Å²) in [6.45, 7) is 1.70. The van der Waals surface area contributed by atoms with Gasteiger partial charge in [-0.25, -0.2) is 14.8 Å². The van der Waals surface area contributed by atoms with Crippen LogP contribution in [0.5, 0.6) is 0 Å². The molecule has 1 fully saturated rings. The van der Waals surface area contributed by atoms with E-state index in [1.165, 1.54) is 6.07 Å². The first-order valence-corrected chi connectivity index (χ1v) is 6.54. The lowest BCUT2D eigenvalue weighted by Crippen LogP contribution is -2.27. The normalized spacial score (nSPS) is 14.3. The summed E-state index contributed by atoms with van der Waals surface area (Å²) in [5.41, 5.74) is 0.528. The number of carboxylic acid groups (broad SMARTS) is 1. The average Bonchev–Trinajstić information content (AvgIpc) is 3.09. The van der Waals surface area contributed by atoms with Crippen LogP contribution in [0, 0.1) is 6.92 Å². The van der Waals surface area contributed by atoms with E-state index in [0.717, 1.165) is 24.6 Å². The summed E-state index contributed by atoms with van der Waals surface area (Å²) in [4.78, 5) is 30.2. The maximum atomic E-state index is 11.5. The van der Waals surface area contributed by atoms with E-state index < -0.39 is 5.97 Å². The largest absolute Gasteiger partial charge is 0.477 e. The van der Waals surface area contributed by atoms with Gasteiger partial charge in [-0.05, 0) is 25.8 Å². The van der Waals surface area contributed by atoms with Crippen LogP contribution >= 0.6 is 11.8 Å². The van der Waals surface area contributed by atoms with E-state index in [0.29, 0.717) is 16.9 Å². The van der Waals surface area contributed by atoms with Crippen molar-refractivity contribution in [1.82, 2.24) is 15.3 Å². The van der Waals surface area contributed by atoms with E-state index in [1.807, 2.05) is 0 Å². The highest BCUT2D eigenvalue weighted by molar-refractivity contribution is 7.99. The quantitative estimate of drug-likeness (QED) is 0.607. The zero-order valence-electron chi connectivity index (χ0n) is 9.84. The Kier molecular flexibility index (Phi) is 3.81. The van der Waals surface area contributed by atoms with E-state index in [2.05, 4.69) is 15.3 Å². The van der Waals surface area contributed by atoms with E-state index in [4.69, 9.17) is 5.11 Å². The molecule has 18 heavy (non-hydrogen) atoms. The van der Waals surface area contributed by atoms with Gasteiger partial charge in [0.2, 0.25) is 5.91 Å². The number of amides is 1. The zero-order chi connectivity index (χ0) is 13.1. The standard InChI is InChI=1S/C11H13N3O3S/c1-6-4-8(10(16)17)14-11(12-6)18-5-9(15)13-7-2-3-7/h4,7H,2-3,5H2,1H3,(H,13,15)(H,16,17). The molecular formula is C11H13N3O3S. The summed E-state index contributed by atoms with van der Waals surface area (Å²) in [5.74, 6) is -0.951. The Labute approximate surface area is 108 Å². The summed E-state index contributed by atoms with van der Waals surface area (Å²) < 4.78 is 0. The van der Waals surface area contributed by atoms with Crippen LogP contribution in [0.15, 0.2) is 11.2 Å². The molecular weight excluding hydrogens is 254 g/mol. The van der Waals surface area contributed by atoms with Crippen molar-refractivity contribution in [3.63, 3.8) is 0 Å². The molecule has 0 saturated heterocycles. The molecule has 1 aromatic heterocycles. The summed E-state index contributed by atoms with van der Waals surface area (Å²) in [6.07, 6.45) is 2.08. The van der Waals surface area contributed by atoms with Gasteiger partial charge in [-0.1, -0.05) is 11.8 Å². The van der Waals surface area contributed by atoms with Crippen LogP contribution in [0.3, 0.4) is 0 Å². The number of carboxylic acids is 1. The van der Waals surface area contributed by atoms with Crippen LogP contribution in [0.25, 0.3) is 0 Å².